The minimum absolute atomic E-state index is 0.0866. The van der Waals surface area contributed by atoms with Crippen molar-refractivity contribution in [1.29, 1.82) is 0 Å². The van der Waals surface area contributed by atoms with E-state index in [0.29, 0.717) is 0 Å². The van der Waals surface area contributed by atoms with Crippen molar-refractivity contribution in [3.05, 3.63) is 34.9 Å². The van der Waals surface area contributed by atoms with Crippen molar-refractivity contribution in [2.45, 2.75) is 52.4 Å². The van der Waals surface area contributed by atoms with Crippen LogP contribution in [0.1, 0.15) is 43.5 Å². The normalized spacial score (nSPS) is 15.3. The molecule has 0 saturated heterocycles. The van der Waals surface area contributed by atoms with E-state index < -0.39 is 0 Å². The summed E-state index contributed by atoms with van der Waals surface area (Å²) in [4.78, 5) is 2.27. The van der Waals surface area contributed by atoms with Gasteiger partial charge in [0.2, 0.25) is 0 Å². The second-order valence-electron chi connectivity index (χ2n) is 7.23. The van der Waals surface area contributed by atoms with Gasteiger partial charge in [0, 0.05) is 37.3 Å². The summed E-state index contributed by atoms with van der Waals surface area (Å²) >= 11 is 0. The summed E-state index contributed by atoms with van der Waals surface area (Å²) < 4.78 is 2.12. The molecular weight excluding hydrogens is 276 g/mol. The first-order valence-corrected chi connectivity index (χ1v) is 7.91. The SMILES string of the molecule is CN(Cc1cc2n(n1)CCNC2)Cc1cc(C(C)(C)C)n[nH]1. The number of nitrogens with zero attached hydrogens (tertiary/aromatic N) is 4. The van der Waals surface area contributed by atoms with Crippen molar-refractivity contribution in [2.75, 3.05) is 13.6 Å². The molecule has 2 aromatic heterocycles. The third-order valence-electron chi connectivity index (χ3n) is 3.99. The minimum Gasteiger partial charge on any atom is -0.309 e. The second-order valence-corrected chi connectivity index (χ2v) is 7.23. The Bertz CT molecular complexity index is 610. The van der Waals surface area contributed by atoms with E-state index in [1.165, 1.54) is 5.69 Å². The number of hydrogen-bond donors (Lipinski definition) is 2. The summed E-state index contributed by atoms with van der Waals surface area (Å²) in [7, 11) is 2.12. The lowest BCUT2D eigenvalue weighted by Gasteiger charge is -2.15. The maximum absolute atomic E-state index is 4.69. The Morgan fingerprint density at radius 1 is 1.27 bits per heavy atom. The minimum atomic E-state index is 0.0866. The number of aromatic amines is 1. The fourth-order valence-corrected chi connectivity index (χ4v) is 2.78. The quantitative estimate of drug-likeness (QED) is 0.901. The monoisotopic (exact) mass is 302 g/mol. The molecule has 0 aromatic carbocycles. The number of aromatic nitrogens is 4. The number of nitrogens with one attached hydrogen (secondary N) is 2. The molecule has 2 aromatic rings. The fourth-order valence-electron chi connectivity index (χ4n) is 2.78. The van der Waals surface area contributed by atoms with Crippen LogP contribution in [-0.4, -0.2) is 38.5 Å². The highest BCUT2D eigenvalue weighted by Gasteiger charge is 2.18. The van der Waals surface area contributed by atoms with Gasteiger partial charge in [-0.2, -0.15) is 10.2 Å². The van der Waals surface area contributed by atoms with Crippen LogP contribution >= 0.6 is 0 Å². The number of H-pyrrole nitrogens is 1. The lowest BCUT2D eigenvalue weighted by Crippen LogP contribution is -2.28. The highest BCUT2D eigenvalue weighted by atomic mass is 15.3. The largest absolute Gasteiger partial charge is 0.309 e. The Balaban J connectivity index is 1.61. The molecule has 2 N–H and O–H groups in total. The molecule has 6 nitrogen and oxygen atoms in total. The van der Waals surface area contributed by atoms with Crippen molar-refractivity contribution < 1.29 is 0 Å². The molecule has 1 aliphatic rings. The zero-order valence-electron chi connectivity index (χ0n) is 14.0. The predicted molar refractivity (Wildman–Crippen MR) is 86.4 cm³/mol. The molecule has 0 spiro atoms. The first-order valence-electron chi connectivity index (χ1n) is 7.91. The summed E-state index contributed by atoms with van der Waals surface area (Å²) in [5.41, 5.74) is 4.77. The van der Waals surface area contributed by atoms with E-state index in [9.17, 15) is 0 Å². The zero-order valence-corrected chi connectivity index (χ0v) is 14.0. The van der Waals surface area contributed by atoms with Gasteiger partial charge in [-0.05, 0) is 19.2 Å². The smallest absolute Gasteiger partial charge is 0.0768 e. The van der Waals surface area contributed by atoms with Gasteiger partial charge in [-0.1, -0.05) is 20.8 Å². The first kappa shape index (κ1) is 15.2. The van der Waals surface area contributed by atoms with Gasteiger partial charge in [0.05, 0.1) is 23.6 Å². The molecule has 3 rings (SSSR count). The van der Waals surface area contributed by atoms with E-state index in [0.717, 1.165) is 49.8 Å². The lowest BCUT2D eigenvalue weighted by atomic mass is 9.92. The highest BCUT2D eigenvalue weighted by molar-refractivity contribution is 5.16. The van der Waals surface area contributed by atoms with Crippen LogP contribution in [0.3, 0.4) is 0 Å². The highest BCUT2D eigenvalue weighted by Crippen LogP contribution is 2.20. The molecule has 1 aliphatic heterocycles. The Morgan fingerprint density at radius 2 is 2.09 bits per heavy atom. The standard InChI is InChI=1S/C16H26N6/c1-16(2,3)15-8-12(18-19-15)10-21(4)11-13-7-14-9-17-5-6-22(14)20-13/h7-8,17H,5-6,9-11H2,1-4H3,(H,18,19). The molecule has 3 heterocycles. The Labute approximate surface area is 131 Å². The van der Waals surface area contributed by atoms with Crippen LogP contribution in [0.5, 0.6) is 0 Å². The predicted octanol–water partition coefficient (Wildman–Crippen LogP) is 1.64. The van der Waals surface area contributed by atoms with Crippen molar-refractivity contribution in [2.24, 2.45) is 0 Å². The molecule has 0 fully saturated rings. The van der Waals surface area contributed by atoms with Crippen molar-refractivity contribution in [3.63, 3.8) is 0 Å². The first-order chi connectivity index (χ1) is 10.4. The Morgan fingerprint density at radius 3 is 2.77 bits per heavy atom. The van der Waals surface area contributed by atoms with E-state index in [4.69, 9.17) is 0 Å². The van der Waals surface area contributed by atoms with E-state index in [1.54, 1.807) is 0 Å². The van der Waals surface area contributed by atoms with Crippen molar-refractivity contribution in [1.82, 2.24) is 30.2 Å². The average Bonchev–Trinajstić information content (AvgIpc) is 3.03. The van der Waals surface area contributed by atoms with Crippen LogP contribution in [0, 0.1) is 0 Å². The molecule has 0 amide bonds. The maximum Gasteiger partial charge on any atom is 0.0768 e. The van der Waals surface area contributed by atoms with E-state index in [1.807, 2.05) is 0 Å². The third-order valence-corrected chi connectivity index (χ3v) is 3.99. The van der Waals surface area contributed by atoms with E-state index in [2.05, 4.69) is 70.1 Å². The van der Waals surface area contributed by atoms with Gasteiger partial charge in [0.1, 0.15) is 0 Å². The van der Waals surface area contributed by atoms with Gasteiger partial charge >= 0.3 is 0 Å². The number of rotatable bonds is 4. The molecule has 22 heavy (non-hydrogen) atoms. The lowest BCUT2D eigenvalue weighted by molar-refractivity contribution is 0.309. The van der Waals surface area contributed by atoms with Crippen LogP contribution < -0.4 is 5.32 Å². The van der Waals surface area contributed by atoms with Crippen LogP contribution in [0.15, 0.2) is 12.1 Å². The molecule has 0 aliphatic carbocycles. The average molecular weight is 302 g/mol. The molecule has 120 valence electrons. The Kier molecular flexibility index (Phi) is 4.06. The van der Waals surface area contributed by atoms with Crippen LogP contribution in [-0.2, 0) is 31.6 Å². The topological polar surface area (TPSA) is 61.8 Å². The summed E-state index contributed by atoms with van der Waals surface area (Å²) in [6.45, 7) is 11.1. The number of fused-ring (bicyclic) bond motifs is 1. The summed E-state index contributed by atoms with van der Waals surface area (Å²) in [6.07, 6.45) is 0. The van der Waals surface area contributed by atoms with Gasteiger partial charge in [0.25, 0.3) is 0 Å². The number of hydrogen-bond acceptors (Lipinski definition) is 4. The molecular formula is C16H26N6. The van der Waals surface area contributed by atoms with Crippen LogP contribution in [0.25, 0.3) is 0 Å². The summed E-state index contributed by atoms with van der Waals surface area (Å²) in [6, 6.07) is 4.37. The summed E-state index contributed by atoms with van der Waals surface area (Å²) in [5, 5.41) is 15.6. The summed E-state index contributed by atoms with van der Waals surface area (Å²) in [5.74, 6) is 0. The van der Waals surface area contributed by atoms with Crippen LogP contribution in [0.2, 0.25) is 0 Å². The van der Waals surface area contributed by atoms with Gasteiger partial charge in [-0.3, -0.25) is 14.7 Å². The van der Waals surface area contributed by atoms with Crippen molar-refractivity contribution >= 4 is 0 Å². The van der Waals surface area contributed by atoms with E-state index in [-0.39, 0.29) is 5.41 Å². The van der Waals surface area contributed by atoms with Gasteiger partial charge in [0.15, 0.2) is 0 Å². The third kappa shape index (κ3) is 3.39. The maximum atomic E-state index is 4.69. The molecule has 0 atom stereocenters. The van der Waals surface area contributed by atoms with E-state index >= 15 is 0 Å². The molecule has 0 bridgehead atoms. The fraction of sp³-hybridized carbons (Fsp3) is 0.625. The zero-order chi connectivity index (χ0) is 15.7. The van der Waals surface area contributed by atoms with Crippen molar-refractivity contribution in [3.8, 4) is 0 Å². The Hall–Kier alpha value is -1.66. The molecule has 0 unspecified atom stereocenters. The second kappa shape index (κ2) is 5.85. The molecule has 6 heteroatoms. The molecule has 0 saturated carbocycles. The van der Waals surface area contributed by atoms with Gasteiger partial charge in [-0.15, -0.1) is 0 Å². The van der Waals surface area contributed by atoms with Crippen LogP contribution in [0.4, 0.5) is 0 Å². The molecule has 0 radical (unpaired) electrons. The van der Waals surface area contributed by atoms with Gasteiger partial charge < -0.3 is 5.32 Å². The van der Waals surface area contributed by atoms with Gasteiger partial charge in [-0.25, -0.2) is 0 Å².